The average Bonchev–Trinajstić information content (AvgIpc) is 2.93. The van der Waals surface area contributed by atoms with Gasteiger partial charge in [0.05, 0.1) is 32.6 Å². The van der Waals surface area contributed by atoms with Gasteiger partial charge in [0.25, 0.3) is 5.91 Å². The number of hydrogen-bond donors (Lipinski definition) is 1. The SMILES string of the molecule is CCCCOc1ccc(OCC(=O)NN=Cc2ccc(OC(=O)c3ccc(OC)c(OC)c3)cc2)cc1. The molecule has 0 saturated carbocycles. The number of rotatable bonds is 13. The van der Waals surface area contributed by atoms with E-state index in [0.717, 1.165) is 18.6 Å². The topological polar surface area (TPSA) is 105 Å². The lowest BCUT2D eigenvalue weighted by Crippen LogP contribution is -2.24. The van der Waals surface area contributed by atoms with Crippen molar-refractivity contribution in [2.24, 2.45) is 5.10 Å². The number of amides is 1. The molecule has 9 heteroatoms. The summed E-state index contributed by atoms with van der Waals surface area (Å²) in [5.41, 5.74) is 3.43. The zero-order valence-corrected chi connectivity index (χ0v) is 21.1. The first-order chi connectivity index (χ1) is 18.0. The fourth-order valence-corrected chi connectivity index (χ4v) is 3.08. The largest absolute Gasteiger partial charge is 0.494 e. The summed E-state index contributed by atoms with van der Waals surface area (Å²) in [6.45, 7) is 2.59. The summed E-state index contributed by atoms with van der Waals surface area (Å²) in [6, 6.07) is 18.5. The molecule has 0 unspecified atom stereocenters. The Kier molecular flexibility index (Phi) is 10.3. The molecule has 37 heavy (non-hydrogen) atoms. The van der Waals surface area contributed by atoms with Crippen molar-refractivity contribution >= 4 is 18.1 Å². The summed E-state index contributed by atoms with van der Waals surface area (Å²) in [6.07, 6.45) is 3.54. The van der Waals surface area contributed by atoms with E-state index in [1.807, 2.05) is 0 Å². The van der Waals surface area contributed by atoms with E-state index >= 15 is 0 Å². The summed E-state index contributed by atoms with van der Waals surface area (Å²) in [5.74, 6) is 1.69. The number of nitrogens with one attached hydrogen (secondary N) is 1. The first-order valence-corrected chi connectivity index (χ1v) is 11.7. The Hall–Kier alpha value is -4.53. The molecular weight excluding hydrogens is 476 g/mol. The van der Waals surface area contributed by atoms with Gasteiger partial charge in [0.1, 0.15) is 17.2 Å². The number of hydrogen-bond acceptors (Lipinski definition) is 8. The summed E-state index contributed by atoms with van der Waals surface area (Å²) >= 11 is 0. The minimum Gasteiger partial charge on any atom is -0.494 e. The zero-order chi connectivity index (χ0) is 26.5. The van der Waals surface area contributed by atoms with E-state index in [0.29, 0.717) is 40.7 Å². The Bertz CT molecular complexity index is 1190. The van der Waals surface area contributed by atoms with Crippen molar-refractivity contribution in [2.75, 3.05) is 27.4 Å². The Morgan fingerprint density at radius 1 is 0.838 bits per heavy atom. The molecule has 0 aliphatic heterocycles. The van der Waals surface area contributed by atoms with Gasteiger partial charge in [-0.3, -0.25) is 4.79 Å². The summed E-state index contributed by atoms with van der Waals surface area (Å²) in [5, 5.41) is 3.93. The van der Waals surface area contributed by atoms with Crippen LogP contribution in [-0.4, -0.2) is 45.5 Å². The van der Waals surface area contributed by atoms with Crippen LogP contribution in [-0.2, 0) is 4.79 Å². The van der Waals surface area contributed by atoms with Gasteiger partial charge in [-0.25, -0.2) is 10.2 Å². The number of carbonyl (C=O) groups excluding carboxylic acids is 2. The molecule has 194 valence electrons. The first-order valence-electron chi connectivity index (χ1n) is 11.7. The molecule has 0 aliphatic carbocycles. The molecule has 3 aromatic rings. The van der Waals surface area contributed by atoms with Crippen LogP contribution in [0.1, 0.15) is 35.7 Å². The van der Waals surface area contributed by atoms with Gasteiger partial charge in [0.2, 0.25) is 0 Å². The molecule has 0 aliphatic rings. The molecule has 0 spiro atoms. The smallest absolute Gasteiger partial charge is 0.343 e. The van der Waals surface area contributed by atoms with E-state index < -0.39 is 11.9 Å². The molecular formula is C28H30N2O7. The maximum atomic E-state index is 12.4. The Morgan fingerprint density at radius 3 is 2.14 bits per heavy atom. The fraction of sp³-hybridized carbons (Fsp3) is 0.250. The molecule has 0 bridgehead atoms. The number of benzene rings is 3. The van der Waals surface area contributed by atoms with E-state index in [-0.39, 0.29) is 6.61 Å². The van der Waals surface area contributed by atoms with Crippen LogP contribution < -0.4 is 29.1 Å². The number of ether oxygens (including phenoxy) is 5. The predicted octanol–water partition coefficient (Wildman–Crippen LogP) is 4.63. The number of nitrogens with zero attached hydrogens (tertiary/aromatic N) is 1. The predicted molar refractivity (Wildman–Crippen MR) is 139 cm³/mol. The van der Waals surface area contributed by atoms with Crippen molar-refractivity contribution in [1.82, 2.24) is 5.43 Å². The Morgan fingerprint density at radius 2 is 1.49 bits per heavy atom. The standard InChI is InChI=1S/C28H30N2O7/c1-4-5-16-35-22-11-13-23(14-12-22)36-19-27(31)30-29-18-20-6-9-24(10-7-20)37-28(32)21-8-15-25(33-2)26(17-21)34-3/h6-15,17-18H,4-5,16,19H2,1-3H3,(H,30,31). The number of carbonyl (C=O) groups is 2. The van der Waals surface area contributed by atoms with E-state index in [4.69, 9.17) is 23.7 Å². The van der Waals surface area contributed by atoms with Crippen molar-refractivity contribution in [2.45, 2.75) is 19.8 Å². The lowest BCUT2D eigenvalue weighted by Gasteiger charge is -2.09. The van der Waals surface area contributed by atoms with E-state index in [2.05, 4.69) is 17.5 Å². The molecule has 3 aromatic carbocycles. The molecule has 0 saturated heterocycles. The van der Waals surface area contributed by atoms with Gasteiger partial charge in [0.15, 0.2) is 18.1 Å². The second-order valence-corrected chi connectivity index (χ2v) is 7.78. The number of methoxy groups -OCH3 is 2. The molecule has 0 radical (unpaired) electrons. The molecule has 9 nitrogen and oxygen atoms in total. The quantitative estimate of drug-likeness (QED) is 0.118. The lowest BCUT2D eigenvalue weighted by molar-refractivity contribution is -0.123. The van der Waals surface area contributed by atoms with Gasteiger partial charge in [0, 0.05) is 0 Å². The summed E-state index contributed by atoms with van der Waals surface area (Å²) in [7, 11) is 3.01. The first kappa shape index (κ1) is 27.1. The van der Waals surface area contributed by atoms with Crippen LogP contribution in [0.4, 0.5) is 0 Å². The second kappa shape index (κ2) is 14.1. The van der Waals surface area contributed by atoms with Gasteiger partial charge in [-0.15, -0.1) is 0 Å². The second-order valence-electron chi connectivity index (χ2n) is 7.78. The van der Waals surface area contributed by atoms with E-state index in [1.165, 1.54) is 20.4 Å². The van der Waals surface area contributed by atoms with Crippen LogP contribution in [0.3, 0.4) is 0 Å². The minimum atomic E-state index is -0.534. The van der Waals surface area contributed by atoms with Gasteiger partial charge in [-0.05, 0) is 78.7 Å². The highest BCUT2D eigenvalue weighted by molar-refractivity contribution is 5.92. The molecule has 0 heterocycles. The highest BCUT2D eigenvalue weighted by atomic mass is 16.5. The van der Waals surface area contributed by atoms with Gasteiger partial charge in [-0.2, -0.15) is 5.10 Å². The van der Waals surface area contributed by atoms with Crippen LogP contribution in [0.2, 0.25) is 0 Å². The highest BCUT2D eigenvalue weighted by Crippen LogP contribution is 2.28. The Labute approximate surface area is 216 Å². The monoisotopic (exact) mass is 506 g/mol. The lowest BCUT2D eigenvalue weighted by atomic mass is 10.2. The number of hydrazone groups is 1. The van der Waals surface area contributed by atoms with Crippen LogP contribution >= 0.6 is 0 Å². The molecule has 0 atom stereocenters. The third-order valence-electron chi connectivity index (χ3n) is 5.07. The van der Waals surface area contributed by atoms with Crippen molar-refractivity contribution < 1.29 is 33.3 Å². The molecule has 1 amide bonds. The van der Waals surface area contributed by atoms with E-state index in [9.17, 15) is 9.59 Å². The Balaban J connectivity index is 1.43. The fourth-order valence-electron chi connectivity index (χ4n) is 3.08. The number of unbranched alkanes of at least 4 members (excludes halogenated alkanes) is 1. The van der Waals surface area contributed by atoms with Crippen LogP contribution in [0.25, 0.3) is 0 Å². The van der Waals surface area contributed by atoms with Crippen molar-refractivity contribution in [1.29, 1.82) is 0 Å². The van der Waals surface area contributed by atoms with Crippen LogP contribution in [0.15, 0.2) is 71.8 Å². The third kappa shape index (κ3) is 8.57. The van der Waals surface area contributed by atoms with Crippen molar-refractivity contribution in [3.63, 3.8) is 0 Å². The molecule has 0 fully saturated rings. The zero-order valence-electron chi connectivity index (χ0n) is 21.1. The molecule has 1 N–H and O–H groups in total. The van der Waals surface area contributed by atoms with Crippen molar-refractivity contribution in [3.05, 3.63) is 77.9 Å². The summed E-state index contributed by atoms with van der Waals surface area (Å²) in [4.78, 5) is 24.4. The van der Waals surface area contributed by atoms with Crippen LogP contribution in [0.5, 0.6) is 28.7 Å². The van der Waals surface area contributed by atoms with Crippen LogP contribution in [0, 0.1) is 0 Å². The van der Waals surface area contributed by atoms with Gasteiger partial charge < -0.3 is 23.7 Å². The maximum Gasteiger partial charge on any atom is 0.343 e. The molecule has 3 rings (SSSR count). The number of esters is 1. The highest BCUT2D eigenvalue weighted by Gasteiger charge is 2.13. The van der Waals surface area contributed by atoms with E-state index in [1.54, 1.807) is 66.7 Å². The normalized spacial score (nSPS) is 10.6. The minimum absolute atomic E-state index is 0.182. The third-order valence-corrected chi connectivity index (χ3v) is 5.07. The summed E-state index contributed by atoms with van der Waals surface area (Å²) < 4.78 is 26.9. The van der Waals surface area contributed by atoms with Crippen molar-refractivity contribution in [3.8, 4) is 28.7 Å². The molecule has 0 aromatic heterocycles. The van der Waals surface area contributed by atoms with Gasteiger partial charge in [-0.1, -0.05) is 13.3 Å². The average molecular weight is 507 g/mol. The maximum absolute atomic E-state index is 12.4. The van der Waals surface area contributed by atoms with Gasteiger partial charge >= 0.3 is 5.97 Å².